The Morgan fingerprint density at radius 2 is 1.65 bits per heavy atom. The number of aliphatic hydroxyl groups is 2. The zero-order valence-electron chi connectivity index (χ0n) is 14.9. The van der Waals surface area contributed by atoms with Gasteiger partial charge in [-0.3, -0.25) is 9.59 Å². The lowest BCUT2D eigenvalue weighted by Gasteiger charge is -2.57. The predicted molar refractivity (Wildman–Crippen MR) is 88.9 cm³/mol. The van der Waals surface area contributed by atoms with Gasteiger partial charge in [-0.15, -0.1) is 0 Å². The maximum absolute atomic E-state index is 12.6. The van der Waals surface area contributed by atoms with Crippen LogP contribution in [0.1, 0.15) is 51.9 Å². The van der Waals surface area contributed by atoms with Crippen LogP contribution < -0.4 is 5.32 Å². The van der Waals surface area contributed by atoms with Gasteiger partial charge < -0.3 is 25.4 Å². The summed E-state index contributed by atoms with van der Waals surface area (Å²) in [6.07, 6.45) is 2.68. The third kappa shape index (κ3) is 3.44. The van der Waals surface area contributed by atoms with Crippen molar-refractivity contribution in [3.8, 4) is 0 Å². The van der Waals surface area contributed by atoms with E-state index in [1.165, 1.54) is 26.2 Å². The fourth-order valence-corrected chi connectivity index (χ4v) is 5.58. The van der Waals surface area contributed by atoms with Gasteiger partial charge in [-0.2, -0.15) is 0 Å². The van der Waals surface area contributed by atoms with Crippen molar-refractivity contribution in [3.05, 3.63) is 0 Å². The minimum atomic E-state index is -2.81. The highest BCUT2D eigenvalue weighted by molar-refractivity contribution is 5.94. The molecule has 4 rings (SSSR count). The number of hydrogen-bond donors (Lipinski definition) is 4. The number of ether oxygens (including phenoxy) is 1. The third-order valence-electron chi connectivity index (χ3n) is 6.18. The number of aliphatic hydroxyl groups excluding tert-OH is 1. The van der Waals surface area contributed by atoms with Gasteiger partial charge in [0.25, 0.3) is 5.91 Å². The Morgan fingerprint density at radius 3 is 2.08 bits per heavy atom. The summed E-state index contributed by atoms with van der Waals surface area (Å²) < 4.78 is 4.68. The number of carbonyl (C=O) groups is 3. The van der Waals surface area contributed by atoms with Crippen LogP contribution in [-0.2, 0) is 19.1 Å². The molecule has 2 unspecified atom stereocenters. The molecule has 0 spiro atoms. The average molecular weight is 369 g/mol. The van der Waals surface area contributed by atoms with Gasteiger partial charge in [0.15, 0.2) is 6.10 Å². The van der Waals surface area contributed by atoms with Gasteiger partial charge >= 0.3 is 11.9 Å². The fourth-order valence-electron chi connectivity index (χ4n) is 5.58. The molecule has 4 fully saturated rings. The van der Waals surface area contributed by atoms with Crippen LogP contribution >= 0.6 is 0 Å². The van der Waals surface area contributed by atoms with Crippen molar-refractivity contribution in [1.29, 1.82) is 0 Å². The highest BCUT2D eigenvalue weighted by atomic mass is 16.6. The summed E-state index contributed by atoms with van der Waals surface area (Å²) >= 11 is 0. The van der Waals surface area contributed by atoms with Crippen LogP contribution in [-0.4, -0.2) is 57.0 Å². The average Bonchev–Trinajstić information content (AvgIpc) is 2.51. The first kappa shape index (κ1) is 19.1. The SMILES string of the molecule is CCOC(=O)C(O)(CC(=O)O)C(O)C(=O)NC12CC3CC(CC(C3)C1)C2. The quantitative estimate of drug-likeness (QED) is 0.471. The lowest BCUT2D eigenvalue weighted by atomic mass is 9.53. The van der Waals surface area contributed by atoms with Gasteiger partial charge in [-0.25, -0.2) is 4.79 Å². The molecule has 0 aliphatic heterocycles. The normalized spacial score (nSPS) is 35.4. The predicted octanol–water partition coefficient (Wildman–Crippen LogP) is 0.201. The van der Waals surface area contributed by atoms with Gasteiger partial charge in [-0.1, -0.05) is 0 Å². The number of hydrogen-bond acceptors (Lipinski definition) is 6. The smallest absolute Gasteiger partial charge is 0.342 e. The molecule has 146 valence electrons. The van der Waals surface area contributed by atoms with Gasteiger partial charge in [0.1, 0.15) is 0 Å². The Kier molecular flexibility index (Phi) is 5.00. The van der Waals surface area contributed by atoms with E-state index in [1.807, 2.05) is 0 Å². The van der Waals surface area contributed by atoms with E-state index in [4.69, 9.17) is 5.11 Å². The largest absolute Gasteiger partial charge is 0.481 e. The third-order valence-corrected chi connectivity index (χ3v) is 6.18. The second-order valence-corrected chi connectivity index (χ2v) is 8.30. The number of carboxylic acids is 1. The van der Waals surface area contributed by atoms with Crippen molar-refractivity contribution < 1.29 is 34.4 Å². The van der Waals surface area contributed by atoms with Crippen molar-refractivity contribution in [2.24, 2.45) is 17.8 Å². The summed E-state index contributed by atoms with van der Waals surface area (Å²) in [5.41, 5.74) is -3.24. The molecular weight excluding hydrogens is 342 g/mol. The van der Waals surface area contributed by atoms with Crippen LogP contribution in [0.2, 0.25) is 0 Å². The molecule has 0 aromatic heterocycles. The van der Waals surface area contributed by atoms with E-state index in [0.29, 0.717) is 17.8 Å². The first-order chi connectivity index (χ1) is 12.2. The standard InChI is InChI=1S/C18H27NO7/c1-2-26-16(24)18(25,9-13(20)21)14(22)15(23)19-17-6-10-3-11(7-17)5-12(4-10)8-17/h10-12,14,22,25H,2-9H2,1H3,(H,19,23)(H,20,21). The highest BCUT2D eigenvalue weighted by Crippen LogP contribution is 2.55. The van der Waals surface area contributed by atoms with Crippen LogP contribution in [0.5, 0.6) is 0 Å². The molecule has 0 aromatic rings. The van der Waals surface area contributed by atoms with Gasteiger partial charge in [0.05, 0.1) is 13.0 Å². The molecule has 8 heteroatoms. The molecule has 2 atom stereocenters. The summed E-state index contributed by atoms with van der Waals surface area (Å²) in [5, 5.41) is 32.7. The monoisotopic (exact) mass is 369 g/mol. The van der Waals surface area contributed by atoms with Crippen LogP contribution in [0.4, 0.5) is 0 Å². The van der Waals surface area contributed by atoms with Crippen molar-refractivity contribution >= 4 is 17.8 Å². The zero-order valence-corrected chi connectivity index (χ0v) is 14.9. The lowest BCUT2D eigenvalue weighted by molar-refractivity contribution is -0.187. The molecule has 8 nitrogen and oxygen atoms in total. The van der Waals surface area contributed by atoms with Gasteiger partial charge in [-0.05, 0) is 63.2 Å². The van der Waals surface area contributed by atoms with Crippen LogP contribution in [0.3, 0.4) is 0 Å². The maximum Gasteiger partial charge on any atom is 0.342 e. The summed E-state index contributed by atoms with van der Waals surface area (Å²) in [6.45, 7) is 1.38. The number of esters is 1. The summed E-state index contributed by atoms with van der Waals surface area (Å²) in [7, 11) is 0. The van der Waals surface area contributed by atoms with E-state index < -0.39 is 41.5 Å². The molecule has 1 amide bonds. The second-order valence-electron chi connectivity index (χ2n) is 8.30. The summed E-state index contributed by atoms with van der Waals surface area (Å²) in [5.74, 6) is -2.06. The molecule has 0 heterocycles. The number of amides is 1. The number of aliphatic carboxylic acids is 1. The molecule has 0 radical (unpaired) electrons. The molecule has 0 aromatic carbocycles. The van der Waals surface area contributed by atoms with E-state index in [2.05, 4.69) is 10.1 Å². The number of nitrogens with one attached hydrogen (secondary N) is 1. The summed E-state index contributed by atoms with van der Waals surface area (Å²) in [6, 6.07) is 0. The topological polar surface area (TPSA) is 133 Å². The van der Waals surface area contributed by atoms with Crippen molar-refractivity contribution in [1.82, 2.24) is 5.32 Å². The van der Waals surface area contributed by atoms with E-state index in [1.54, 1.807) is 0 Å². The first-order valence-electron chi connectivity index (χ1n) is 9.29. The maximum atomic E-state index is 12.6. The van der Waals surface area contributed by atoms with Gasteiger partial charge in [0.2, 0.25) is 5.60 Å². The molecule has 4 bridgehead atoms. The van der Waals surface area contributed by atoms with Crippen molar-refractivity contribution in [2.45, 2.75) is 69.1 Å². The highest BCUT2D eigenvalue weighted by Gasteiger charge is 2.55. The Morgan fingerprint density at radius 1 is 1.15 bits per heavy atom. The van der Waals surface area contributed by atoms with Crippen LogP contribution in [0.15, 0.2) is 0 Å². The van der Waals surface area contributed by atoms with Crippen LogP contribution in [0, 0.1) is 17.8 Å². The number of carbonyl (C=O) groups excluding carboxylic acids is 2. The van der Waals surface area contributed by atoms with Crippen molar-refractivity contribution in [3.63, 3.8) is 0 Å². The molecule has 4 aliphatic carbocycles. The zero-order chi connectivity index (χ0) is 19.1. The Hall–Kier alpha value is -1.67. The first-order valence-corrected chi connectivity index (χ1v) is 9.29. The van der Waals surface area contributed by atoms with E-state index in [-0.39, 0.29) is 6.61 Å². The minimum Gasteiger partial charge on any atom is -0.481 e. The van der Waals surface area contributed by atoms with E-state index in [0.717, 1.165) is 19.3 Å². The Bertz CT molecular complexity index is 569. The van der Waals surface area contributed by atoms with E-state index >= 15 is 0 Å². The Balaban J connectivity index is 1.75. The van der Waals surface area contributed by atoms with Gasteiger partial charge in [0, 0.05) is 5.54 Å². The number of carboxylic acid groups (broad SMARTS) is 1. The number of rotatable bonds is 7. The molecular formula is C18H27NO7. The Labute approximate surface area is 151 Å². The van der Waals surface area contributed by atoms with Crippen molar-refractivity contribution in [2.75, 3.05) is 6.61 Å². The second kappa shape index (κ2) is 6.81. The fraction of sp³-hybridized carbons (Fsp3) is 0.833. The lowest BCUT2D eigenvalue weighted by Crippen LogP contribution is -2.65. The molecule has 4 aliphatic rings. The molecule has 4 N–H and O–H groups in total. The minimum absolute atomic E-state index is 0.107. The molecule has 26 heavy (non-hydrogen) atoms. The van der Waals surface area contributed by atoms with Crippen LogP contribution in [0.25, 0.3) is 0 Å². The summed E-state index contributed by atoms with van der Waals surface area (Å²) in [4.78, 5) is 35.7. The molecule has 0 saturated heterocycles. The molecule has 4 saturated carbocycles. The van der Waals surface area contributed by atoms with E-state index in [9.17, 15) is 24.6 Å².